The molecule has 0 bridgehead atoms. The predicted molar refractivity (Wildman–Crippen MR) is 82.0 cm³/mol. The second-order valence-corrected chi connectivity index (χ2v) is 6.54. The first-order valence-corrected chi connectivity index (χ1v) is 7.99. The maximum Gasteiger partial charge on any atom is 0.110 e. The van der Waals surface area contributed by atoms with E-state index >= 15 is 0 Å². The van der Waals surface area contributed by atoms with Crippen LogP contribution in [0, 0.1) is 12.8 Å². The first-order chi connectivity index (χ1) is 9.81. The average Bonchev–Trinajstić information content (AvgIpc) is 3.22. The lowest BCUT2D eigenvalue weighted by Gasteiger charge is -2.22. The number of fused-ring (bicyclic) bond motifs is 1. The molecule has 1 unspecified atom stereocenters. The van der Waals surface area contributed by atoms with E-state index < -0.39 is 0 Å². The second-order valence-electron chi connectivity index (χ2n) is 6.54. The molecule has 1 atom stereocenters. The molecule has 1 aliphatic carbocycles. The van der Waals surface area contributed by atoms with Crippen molar-refractivity contribution in [2.45, 2.75) is 45.1 Å². The van der Waals surface area contributed by atoms with Gasteiger partial charge in [0.15, 0.2) is 0 Å². The molecule has 2 aliphatic rings. The summed E-state index contributed by atoms with van der Waals surface area (Å²) in [6.07, 6.45) is 6.45. The molecular weight excluding hydrogens is 246 g/mol. The minimum absolute atomic E-state index is 0.717. The fraction of sp³-hybridized carbons (Fsp3) is 0.588. The van der Waals surface area contributed by atoms with Crippen LogP contribution in [-0.2, 0) is 6.42 Å². The number of hydrogen-bond acceptors (Lipinski definition) is 2. The largest absolute Gasteiger partial charge is 0.325 e. The first kappa shape index (κ1) is 12.4. The molecule has 2 heterocycles. The molecule has 1 saturated carbocycles. The van der Waals surface area contributed by atoms with Crippen LogP contribution >= 0.6 is 0 Å². The molecule has 0 spiro atoms. The molecule has 1 aromatic carbocycles. The molecule has 1 aromatic heterocycles. The van der Waals surface area contributed by atoms with Crippen molar-refractivity contribution in [3.8, 4) is 0 Å². The van der Waals surface area contributed by atoms with Gasteiger partial charge in [0.05, 0.1) is 11.0 Å². The van der Waals surface area contributed by atoms with E-state index in [0.29, 0.717) is 6.04 Å². The normalized spacial score (nSPS) is 23.4. The van der Waals surface area contributed by atoms with Gasteiger partial charge in [0.25, 0.3) is 0 Å². The number of nitrogens with zero attached hydrogens (tertiary/aromatic N) is 2. The van der Waals surface area contributed by atoms with Crippen molar-refractivity contribution in [3.05, 3.63) is 29.6 Å². The van der Waals surface area contributed by atoms with Gasteiger partial charge in [-0.25, -0.2) is 4.98 Å². The molecule has 1 saturated heterocycles. The van der Waals surface area contributed by atoms with Crippen LogP contribution in [0.1, 0.15) is 43.1 Å². The van der Waals surface area contributed by atoms with Crippen LogP contribution in [0.5, 0.6) is 0 Å². The van der Waals surface area contributed by atoms with Crippen LogP contribution < -0.4 is 5.32 Å². The zero-order valence-corrected chi connectivity index (χ0v) is 12.2. The summed E-state index contributed by atoms with van der Waals surface area (Å²) in [6.45, 7) is 4.50. The molecule has 3 nitrogen and oxygen atoms in total. The predicted octanol–water partition coefficient (Wildman–Crippen LogP) is 3.22. The van der Waals surface area contributed by atoms with E-state index in [1.807, 2.05) is 0 Å². The maximum atomic E-state index is 4.96. The standard InChI is InChI=1S/C17H23N3/c1-12-4-7-16-15(9-12)19-17(20(16)14-5-6-14)10-13-3-2-8-18-11-13/h4,7,9,13-14,18H,2-3,5-6,8,10-11H2,1H3. The fourth-order valence-electron chi connectivity index (χ4n) is 3.50. The topological polar surface area (TPSA) is 29.9 Å². The Morgan fingerprint density at radius 2 is 2.20 bits per heavy atom. The van der Waals surface area contributed by atoms with Crippen LogP contribution in [0.15, 0.2) is 18.2 Å². The van der Waals surface area contributed by atoms with E-state index in [4.69, 9.17) is 4.98 Å². The molecule has 1 N–H and O–H groups in total. The van der Waals surface area contributed by atoms with Crippen LogP contribution in [0.3, 0.4) is 0 Å². The third-order valence-electron chi connectivity index (χ3n) is 4.70. The van der Waals surface area contributed by atoms with Crippen molar-refractivity contribution in [2.75, 3.05) is 13.1 Å². The van der Waals surface area contributed by atoms with Gasteiger partial charge in [-0.15, -0.1) is 0 Å². The first-order valence-electron chi connectivity index (χ1n) is 7.99. The van der Waals surface area contributed by atoms with E-state index in [0.717, 1.165) is 18.9 Å². The molecule has 20 heavy (non-hydrogen) atoms. The lowest BCUT2D eigenvalue weighted by Crippen LogP contribution is -2.31. The van der Waals surface area contributed by atoms with Gasteiger partial charge < -0.3 is 9.88 Å². The van der Waals surface area contributed by atoms with Crippen molar-refractivity contribution >= 4 is 11.0 Å². The summed E-state index contributed by atoms with van der Waals surface area (Å²) in [4.78, 5) is 4.96. The molecule has 2 aromatic rings. The van der Waals surface area contributed by atoms with E-state index in [9.17, 15) is 0 Å². The van der Waals surface area contributed by atoms with Gasteiger partial charge in [0.2, 0.25) is 0 Å². The third-order valence-corrected chi connectivity index (χ3v) is 4.70. The summed E-state index contributed by atoms with van der Waals surface area (Å²) >= 11 is 0. The van der Waals surface area contributed by atoms with Gasteiger partial charge in [-0.05, 0) is 69.3 Å². The van der Waals surface area contributed by atoms with Crippen LogP contribution in [0.2, 0.25) is 0 Å². The molecule has 106 valence electrons. The summed E-state index contributed by atoms with van der Waals surface area (Å²) in [7, 11) is 0. The smallest absolute Gasteiger partial charge is 0.110 e. The summed E-state index contributed by atoms with van der Waals surface area (Å²) in [5.41, 5.74) is 3.84. The number of hydrogen-bond donors (Lipinski definition) is 1. The van der Waals surface area contributed by atoms with Crippen LogP contribution in [0.25, 0.3) is 11.0 Å². The SMILES string of the molecule is Cc1ccc2c(c1)nc(CC1CCCNC1)n2C1CC1. The lowest BCUT2D eigenvalue weighted by molar-refractivity contribution is 0.367. The number of rotatable bonds is 3. The molecule has 1 aliphatic heterocycles. The van der Waals surface area contributed by atoms with Gasteiger partial charge in [-0.3, -0.25) is 0 Å². The Bertz CT molecular complexity index is 618. The highest BCUT2D eigenvalue weighted by atomic mass is 15.1. The summed E-state index contributed by atoms with van der Waals surface area (Å²) in [6, 6.07) is 7.43. The number of nitrogens with one attached hydrogen (secondary N) is 1. The van der Waals surface area contributed by atoms with Crippen molar-refractivity contribution in [1.82, 2.24) is 14.9 Å². The Hall–Kier alpha value is -1.35. The molecular formula is C17H23N3. The van der Waals surface area contributed by atoms with Crippen molar-refractivity contribution in [2.24, 2.45) is 5.92 Å². The Morgan fingerprint density at radius 1 is 1.30 bits per heavy atom. The Morgan fingerprint density at radius 3 is 2.95 bits per heavy atom. The maximum absolute atomic E-state index is 4.96. The lowest BCUT2D eigenvalue weighted by atomic mass is 9.96. The number of aryl methyl sites for hydroxylation is 1. The summed E-state index contributed by atoms with van der Waals surface area (Å²) in [5, 5.41) is 3.53. The van der Waals surface area contributed by atoms with Gasteiger partial charge in [0, 0.05) is 12.5 Å². The van der Waals surface area contributed by atoms with E-state index in [1.165, 1.54) is 54.6 Å². The van der Waals surface area contributed by atoms with E-state index in [2.05, 4.69) is 35.0 Å². The highest BCUT2D eigenvalue weighted by molar-refractivity contribution is 5.77. The van der Waals surface area contributed by atoms with Gasteiger partial charge in [-0.1, -0.05) is 6.07 Å². The minimum Gasteiger partial charge on any atom is -0.325 e. The average molecular weight is 269 g/mol. The fourth-order valence-corrected chi connectivity index (χ4v) is 3.50. The molecule has 0 amide bonds. The third kappa shape index (κ3) is 2.24. The summed E-state index contributed by atoms with van der Waals surface area (Å²) in [5.74, 6) is 2.08. The second kappa shape index (κ2) is 4.88. The number of aromatic nitrogens is 2. The highest BCUT2D eigenvalue weighted by Crippen LogP contribution is 2.39. The quantitative estimate of drug-likeness (QED) is 0.927. The number of benzene rings is 1. The molecule has 3 heteroatoms. The molecule has 2 fully saturated rings. The zero-order chi connectivity index (χ0) is 13.5. The highest BCUT2D eigenvalue weighted by Gasteiger charge is 2.29. The van der Waals surface area contributed by atoms with Crippen molar-refractivity contribution in [3.63, 3.8) is 0 Å². The Labute approximate surface area is 120 Å². The molecule has 4 rings (SSSR count). The van der Waals surface area contributed by atoms with Gasteiger partial charge in [0.1, 0.15) is 5.82 Å². The van der Waals surface area contributed by atoms with Gasteiger partial charge in [-0.2, -0.15) is 0 Å². The number of piperidine rings is 1. The minimum atomic E-state index is 0.717. The van der Waals surface area contributed by atoms with Gasteiger partial charge >= 0.3 is 0 Å². The monoisotopic (exact) mass is 269 g/mol. The van der Waals surface area contributed by atoms with Crippen molar-refractivity contribution < 1.29 is 0 Å². The van der Waals surface area contributed by atoms with E-state index in [1.54, 1.807) is 0 Å². The van der Waals surface area contributed by atoms with Crippen LogP contribution in [-0.4, -0.2) is 22.6 Å². The summed E-state index contributed by atoms with van der Waals surface area (Å²) < 4.78 is 2.53. The Kier molecular flexibility index (Phi) is 3.03. The Balaban J connectivity index is 1.71. The molecule has 0 radical (unpaired) electrons. The number of imidazole rings is 1. The van der Waals surface area contributed by atoms with E-state index in [-0.39, 0.29) is 0 Å². The van der Waals surface area contributed by atoms with Crippen molar-refractivity contribution in [1.29, 1.82) is 0 Å². The van der Waals surface area contributed by atoms with Crippen LogP contribution in [0.4, 0.5) is 0 Å². The zero-order valence-electron chi connectivity index (χ0n) is 12.2.